The van der Waals surface area contributed by atoms with Gasteiger partial charge >= 0.3 is 0 Å². The lowest BCUT2D eigenvalue weighted by atomic mass is 9.85. The van der Waals surface area contributed by atoms with Crippen LogP contribution in [0.4, 0.5) is 0 Å². The van der Waals surface area contributed by atoms with Crippen molar-refractivity contribution in [2.75, 3.05) is 6.61 Å². The predicted molar refractivity (Wildman–Crippen MR) is 72.8 cm³/mol. The molecule has 1 unspecified atom stereocenters. The quantitative estimate of drug-likeness (QED) is 0.845. The van der Waals surface area contributed by atoms with E-state index >= 15 is 0 Å². The number of aromatic nitrogens is 3. The Morgan fingerprint density at radius 2 is 2.05 bits per heavy atom. The monoisotopic (exact) mass is 257 g/mol. The Labute approximate surface area is 113 Å². The molecule has 1 saturated heterocycles. The average molecular weight is 257 g/mol. The fourth-order valence-electron chi connectivity index (χ4n) is 2.54. The van der Waals surface area contributed by atoms with Gasteiger partial charge in [-0.3, -0.25) is 0 Å². The summed E-state index contributed by atoms with van der Waals surface area (Å²) in [4.78, 5) is 3.99. The van der Waals surface area contributed by atoms with Gasteiger partial charge in [0.2, 0.25) is 0 Å². The van der Waals surface area contributed by atoms with Gasteiger partial charge in [-0.25, -0.2) is 9.67 Å². The Kier molecular flexibility index (Phi) is 3.11. The molecule has 0 amide bonds. The van der Waals surface area contributed by atoms with E-state index in [1.807, 2.05) is 4.68 Å². The van der Waals surface area contributed by atoms with Gasteiger partial charge in [0.1, 0.15) is 18.3 Å². The van der Waals surface area contributed by atoms with Crippen LogP contribution in [0.15, 0.2) is 36.9 Å². The molecule has 0 N–H and O–H groups in total. The highest BCUT2D eigenvalue weighted by Gasteiger charge is 2.40. The molecule has 1 aliphatic heterocycles. The summed E-state index contributed by atoms with van der Waals surface area (Å²) < 4.78 is 7.73. The maximum atomic E-state index is 5.89. The largest absolute Gasteiger partial charge is 0.368 e. The van der Waals surface area contributed by atoms with Crippen LogP contribution in [0.5, 0.6) is 0 Å². The molecule has 0 saturated carbocycles. The van der Waals surface area contributed by atoms with Crippen molar-refractivity contribution in [1.29, 1.82) is 0 Å². The lowest BCUT2D eigenvalue weighted by Gasteiger charge is -2.42. The smallest absolute Gasteiger partial charge is 0.137 e. The lowest BCUT2D eigenvalue weighted by molar-refractivity contribution is -0.165. The second kappa shape index (κ2) is 4.78. The van der Waals surface area contributed by atoms with E-state index < -0.39 is 0 Å². The van der Waals surface area contributed by atoms with Gasteiger partial charge in [0.15, 0.2) is 0 Å². The van der Waals surface area contributed by atoms with Crippen molar-refractivity contribution >= 4 is 0 Å². The van der Waals surface area contributed by atoms with Crippen LogP contribution >= 0.6 is 0 Å². The van der Waals surface area contributed by atoms with Gasteiger partial charge in [-0.05, 0) is 17.0 Å². The first kappa shape index (κ1) is 12.4. The number of rotatable bonds is 4. The van der Waals surface area contributed by atoms with Crippen LogP contribution in [0.3, 0.4) is 0 Å². The summed E-state index contributed by atoms with van der Waals surface area (Å²) in [6, 6.07) is 8.77. The van der Waals surface area contributed by atoms with Crippen molar-refractivity contribution < 1.29 is 4.74 Å². The minimum Gasteiger partial charge on any atom is -0.368 e. The molecule has 1 aliphatic rings. The van der Waals surface area contributed by atoms with E-state index in [-0.39, 0.29) is 5.60 Å². The zero-order valence-electron chi connectivity index (χ0n) is 11.4. The molecule has 0 radical (unpaired) electrons. The molecule has 0 spiro atoms. The first-order valence-electron chi connectivity index (χ1n) is 6.76. The Bertz CT molecular complexity index is 527. The molecule has 2 aromatic rings. The summed E-state index contributed by atoms with van der Waals surface area (Å²) >= 11 is 0. The normalized spacial score (nSPS) is 22.5. The minimum absolute atomic E-state index is 0.219. The Hall–Kier alpha value is -1.68. The third-order valence-electron chi connectivity index (χ3n) is 3.87. The molecule has 1 aromatic heterocycles. The Morgan fingerprint density at radius 3 is 2.53 bits per heavy atom. The Balaban J connectivity index is 1.85. The van der Waals surface area contributed by atoms with E-state index in [1.54, 1.807) is 12.7 Å². The van der Waals surface area contributed by atoms with Crippen LogP contribution in [0.1, 0.15) is 37.3 Å². The molecule has 1 fully saturated rings. The van der Waals surface area contributed by atoms with Gasteiger partial charge < -0.3 is 4.74 Å². The zero-order valence-corrected chi connectivity index (χ0v) is 11.4. The molecule has 3 rings (SSSR count). The van der Waals surface area contributed by atoms with Crippen molar-refractivity contribution in [3.05, 3.63) is 48.0 Å². The zero-order chi connectivity index (χ0) is 13.3. The molecular weight excluding hydrogens is 238 g/mol. The van der Waals surface area contributed by atoms with Crippen LogP contribution in [0.25, 0.3) is 0 Å². The van der Waals surface area contributed by atoms with E-state index in [4.69, 9.17) is 4.74 Å². The fraction of sp³-hybridized carbons (Fsp3) is 0.467. The standard InChI is InChI=1S/C15H19N3O/c1-12(2)13-3-5-14(6-4-13)15(7-8-19-15)9-18-11-16-10-17-18/h3-6,10-12H,7-9H2,1-2H3. The van der Waals surface area contributed by atoms with Crippen LogP contribution in [0.2, 0.25) is 0 Å². The first-order valence-corrected chi connectivity index (χ1v) is 6.76. The number of hydrogen-bond acceptors (Lipinski definition) is 3. The molecule has 4 nitrogen and oxygen atoms in total. The summed E-state index contributed by atoms with van der Waals surface area (Å²) in [5.74, 6) is 0.558. The lowest BCUT2D eigenvalue weighted by Crippen LogP contribution is -2.44. The molecule has 4 heteroatoms. The molecular formula is C15H19N3O. The summed E-state index contributed by atoms with van der Waals surface area (Å²) in [5.41, 5.74) is 2.38. The van der Waals surface area contributed by atoms with Crippen molar-refractivity contribution in [1.82, 2.24) is 14.8 Å². The third kappa shape index (κ3) is 2.28. The first-order chi connectivity index (χ1) is 9.20. The number of nitrogens with zero attached hydrogens (tertiary/aromatic N) is 3. The molecule has 1 atom stereocenters. The highest BCUT2D eigenvalue weighted by molar-refractivity contribution is 5.30. The second-order valence-corrected chi connectivity index (χ2v) is 5.46. The predicted octanol–water partition coefficient (Wildman–Crippen LogP) is 2.72. The van der Waals surface area contributed by atoms with Crippen LogP contribution in [-0.4, -0.2) is 21.4 Å². The van der Waals surface area contributed by atoms with Gasteiger partial charge in [-0.1, -0.05) is 38.1 Å². The Morgan fingerprint density at radius 1 is 1.32 bits per heavy atom. The van der Waals surface area contributed by atoms with E-state index in [2.05, 4.69) is 48.2 Å². The molecule has 0 bridgehead atoms. The highest BCUT2D eigenvalue weighted by atomic mass is 16.5. The van der Waals surface area contributed by atoms with Crippen LogP contribution < -0.4 is 0 Å². The highest BCUT2D eigenvalue weighted by Crippen LogP contribution is 2.39. The van der Waals surface area contributed by atoms with Crippen molar-refractivity contribution in [3.8, 4) is 0 Å². The van der Waals surface area contributed by atoms with E-state index in [0.29, 0.717) is 5.92 Å². The summed E-state index contributed by atoms with van der Waals surface area (Å²) in [6.07, 6.45) is 4.34. The van der Waals surface area contributed by atoms with Gasteiger partial charge in [-0.2, -0.15) is 5.10 Å². The van der Waals surface area contributed by atoms with Crippen molar-refractivity contribution in [2.45, 2.75) is 38.3 Å². The summed E-state index contributed by atoms with van der Waals surface area (Å²) in [7, 11) is 0. The second-order valence-electron chi connectivity index (χ2n) is 5.46. The maximum Gasteiger partial charge on any atom is 0.137 e. The van der Waals surface area contributed by atoms with Crippen molar-refractivity contribution in [2.24, 2.45) is 0 Å². The average Bonchev–Trinajstić information content (AvgIpc) is 2.87. The summed E-state index contributed by atoms with van der Waals surface area (Å²) in [5, 5.41) is 4.18. The molecule has 2 heterocycles. The molecule has 0 aliphatic carbocycles. The van der Waals surface area contributed by atoms with Gasteiger partial charge in [-0.15, -0.1) is 0 Å². The van der Waals surface area contributed by atoms with E-state index in [1.165, 1.54) is 11.1 Å². The van der Waals surface area contributed by atoms with Crippen molar-refractivity contribution in [3.63, 3.8) is 0 Å². The van der Waals surface area contributed by atoms with Gasteiger partial charge in [0.25, 0.3) is 0 Å². The van der Waals surface area contributed by atoms with Gasteiger partial charge in [0, 0.05) is 6.42 Å². The van der Waals surface area contributed by atoms with E-state index in [0.717, 1.165) is 19.6 Å². The number of benzene rings is 1. The maximum absolute atomic E-state index is 5.89. The van der Waals surface area contributed by atoms with E-state index in [9.17, 15) is 0 Å². The molecule has 1 aromatic carbocycles. The number of ether oxygens (including phenoxy) is 1. The number of hydrogen-bond donors (Lipinski definition) is 0. The van der Waals surface area contributed by atoms with Crippen LogP contribution in [0, 0.1) is 0 Å². The van der Waals surface area contributed by atoms with Crippen LogP contribution in [-0.2, 0) is 16.9 Å². The molecule has 100 valence electrons. The molecule has 19 heavy (non-hydrogen) atoms. The van der Waals surface area contributed by atoms with Gasteiger partial charge in [0.05, 0.1) is 13.2 Å². The third-order valence-corrected chi connectivity index (χ3v) is 3.87. The summed E-state index contributed by atoms with van der Waals surface area (Å²) in [6.45, 7) is 5.97. The SMILES string of the molecule is CC(C)c1ccc(C2(Cn3cncn3)CCO2)cc1. The topological polar surface area (TPSA) is 39.9 Å². The fourth-order valence-corrected chi connectivity index (χ4v) is 2.54. The minimum atomic E-state index is -0.219.